The average Bonchev–Trinajstić information content (AvgIpc) is 3.33. The highest BCUT2D eigenvalue weighted by molar-refractivity contribution is 5.62. The van der Waals surface area contributed by atoms with Crippen LogP contribution in [-0.4, -0.2) is 34.0 Å². The minimum Gasteiger partial charge on any atom is -0.408 e. The van der Waals surface area contributed by atoms with E-state index < -0.39 is 0 Å². The molecule has 0 radical (unpaired) electrons. The van der Waals surface area contributed by atoms with Crippen LogP contribution in [0.15, 0.2) is 59.7 Å². The van der Waals surface area contributed by atoms with Crippen molar-refractivity contribution in [2.24, 2.45) is 5.41 Å². The van der Waals surface area contributed by atoms with Crippen molar-refractivity contribution >= 4 is 11.7 Å². The lowest BCUT2D eigenvalue weighted by atomic mass is 9.64. The van der Waals surface area contributed by atoms with Gasteiger partial charge in [0.15, 0.2) is 0 Å². The van der Waals surface area contributed by atoms with Crippen molar-refractivity contribution in [1.29, 1.82) is 0 Å². The van der Waals surface area contributed by atoms with Crippen LogP contribution < -0.4 is 5.32 Å². The third-order valence-corrected chi connectivity index (χ3v) is 7.74. The molecule has 7 rings (SSSR count). The summed E-state index contributed by atoms with van der Waals surface area (Å²) >= 11 is 0. The molecular weight excluding hydrogens is 440 g/mol. The predicted octanol–water partition coefficient (Wildman–Crippen LogP) is 6.36. The first kappa shape index (κ1) is 25.1. The van der Waals surface area contributed by atoms with E-state index in [1.54, 1.807) is 6.20 Å². The number of aromatic nitrogens is 3. The van der Waals surface area contributed by atoms with E-state index in [2.05, 4.69) is 57.4 Å². The molecule has 4 heterocycles. The molecule has 0 spiro atoms. The smallest absolute Gasteiger partial charge is 0.320 e. The number of rotatable bonds is 6. The Hall–Kier alpha value is -3.03. The van der Waals surface area contributed by atoms with Gasteiger partial charge in [-0.15, -0.1) is 11.7 Å². The van der Waals surface area contributed by atoms with Gasteiger partial charge < -0.3 is 19.6 Å². The molecular formula is C28H36N4O3. The van der Waals surface area contributed by atoms with E-state index >= 15 is 0 Å². The van der Waals surface area contributed by atoms with Gasteiger partial charge in [-0.3, -0.25) is 4.98 Å². The van der Waals surface area contributed by atoms with Gasteiger partial charge in [0.05, 0.1) is 29.8 Å². The van der Waals surface area contributed by atoms with E-state index in [0.717, 1.165) is 75.1 Å². The molecule has 2 saturated carbocycles. The summed E-state index contributed by atoms with van der Waals surface area (Å²) in [5.41, 5.74) is 4.19. The number of ether oxygens (including phenoxy) is 1. The van der Waals surface area contributed by atoms with Crippen molar-refractivity contribution in [2.75, 3.05) is 19.0 Å². The van der Waals surface area contributed by atoms with Crippen LogP contribution in [0.3, 0.4) is 0 Å². The zero-order chi connectivity index (χ0) is 23.6. The first-order valence-electron chi connectivity index (χ1n) is 12.1. The van der Waals surface area contributed by atoms with Gasteiger partial charge in [-0.2, -0.15) is 0 Å². The summed E-state index contributed by atoms with van der Waals surface area (Å²) in [6, 6.07) is 13.1. The van der Waals surface area contributed by atoms with Gasteiger partial charge in [-0.25, -0.2) is 0 Å². The molecule has 2 aliphatic carbocycles. The number of aliphatic hydroxyl groups excluding tert-OH is 1. The second-order valence-corrected chi connectivity index (χ2v) is 9.56. The van der Waals surface area contributed by atoms with E-state index in [1.807, 2.05) is 12.1 Å². The molecule has 35 heavy (non-hydrogen) atoms. The third-order valence-electron chi connectivity index (χ3n) is 7.74. The van der Waals surface area contributed by atoms with Gasteiger partial charge in [0.1, 0.15) is 0 Å². The Morgan fingerprint density at radius 1 is 1.03 bits per heavy atom. The minimum atomic E-state index is -0.132. The number of pyridine rings is 1. The topological polar surface area (TPSA) is 93.3 Å². The summed E-state index contributed by atoms with van der Waals surface area (Å²) in [6.07, 6.45) is 11.9. The number of anilines is 2. The summed E-state index contributed by atoms with van der Waals surface area (Å²) < 4.78 is 12.1. The van der Waals surface area contributed by atoms with E-state index in [4.69, 9.17) is 14.3 Å². The number of aliphatic hydroxyl groups is 1. The maximum absolute atomic E-state index is 7.00. The highest BCUT2D eigenvalue weighted by atomic mass is 16.5. The number of nitrogens with zero attached hydrogens (tertiary/aromatic N) is 3. The van der Waals surface area contributed by atoms with Crippen LogP contribution in [-0.2, 0) is 10.3 Å². The highest BCUT2D eigenvalue weighted by Crippen LogP contribution is 2.54. The van der Waals surface area contributed by atoms with Gasteiger partial charge in [0.25, 0.3) is 0 Å². The summed E-state index contributed by atoms with van der Waals surface area (Å²) in [5.74, 6) is 1.16. The monoisotopic (exact) mass is 476 g/mol. The molecule has 0 atom stereocenters. The minimum absolute atomic E-state index is 0. The van der Waals surface area contributed by atoms with Crippen LogP contribution in [0.1, 0.15) is 69.7 Å². The van der Waals surface area contributed by atoms with Crippen LogP contribution in [0.4, 0.5) is 11.7 Å². The molecule has 4 aliphatic rings. The Bertz CT molecular complexity index is 1100. The Balaban J connectivity index is 0.000000940. The van der Waals surface area contributed by atoms with Crippen LogP contribution >= 0.6 is 0 Å². The first-order chi connectivity index (χ1) is 16.7. The van der Waals surface area contributed by atoms with Crippen LogP contribution in [0.5, 0.6) is 0 Å². The fraction of sp³-hybridized carbons (Fsp3) is 0.464. The van der Waals surface area contributed by atoms with E-state index in [0.29, 0.717) is 11.9 Å². The Morgan fingerprint density at radius 2 is 1.77 bits per heavy atom. The maximum atomic E-state index is 7.00. The summed E-state index contributed by atoms with van der Waals surface area (Å²) in [4.78, 5) is 4.63. The van der Waals surface area contributed by atoms with Crippen molar-refractivity contribution in [1.82, 2.24) is 15.2 Å². The Labute approximate surface area is 207 Å². The number of hydrogen-bond donors (Lipinski definition) is 2. The maximum Gasteiger partial charge on any atom is 0.320 e. The number of hydrogen-bond acceptors (Lipinski definition) is 7. The fourth-order valence-electron chi connectivity index (χ4n) is 5.17. The lowest BCUT2D eigenvalue weighted by Crippen LogP contribution is -2.48. The van der Waals surface area contributed by atoms with Gasteiger partial charge in [0.2, 0.25) is 5.89 Å². The molecule has 1 aromatic carbocycles. The molecule has 2 aromatic heterocycles. The molecule has 0 unspecified atom stereocenters. The molecule has 3 aromatic rings. The molecule has 2 bridgehead atoms. The lowest BCUT2D eigenvalue weighted by Gasteiger charge is -2.52. The predicted molar refractivity (Wildman–Crippen MR) is 137 cm³/mol. The van der Waals surface area contributed by atoms with Crippen LogP contribution in [0.2, 0.25) is 0 Å². The number of nitrogens with one attached hydrogen (secondary N) is 1. The molecule has 4 fully saturated rings. The molecule has 186 valence electrons. The van der Waals surface area contributed by atoms with Crippen molar-refractivity contribution in [3.63, 3.8) is 0 Å². The average molecular weight is 477 g/mol. The van der Waals surface area contributed by atoms with Crippen molar-refractivity contribution < 1.29 is 14.3 Å². The molecule has 2 saturated heterocycles. The Morgan fingerprint density at radius 3 is 2.31 bits per heavy atom. The fourth-order valence-corrected chi connectivity index (χ4v) is 5.17. The second kappa shape index (κ2) is 10.3. The quantitative estimate of drug-likeness (QED) is 0.400. The zero-order valence-corrected chi connectivity index (χ0v) is 19.7. The molecule has 2 aliphatic heterocycles. The number of fused-ring (bicyclic) bond motifs is 3. The molecule has 7 nitrogen and oxygen atoms in total. The zero-order valence-electron chi connectivity index (χ0n) is 19.7. The SMILES string of the molecule is C.C=CC12CCC(c3ccc(-c4ccc(Nc5nnc(C6CCC6)o5)cn4)cc3)(CC1)OC2.CO. The summed E-state index contributed by atoms with van der Waals surface area (Å²) in [6.45, 7) is 4.82. The molecule has 7 heteroatoms. The Kier molecular flexibility index (Phi) is 7.38. The van der Waals surface area contributed by atoms with Gasteiger partial charge in [-0.1, -0.05) is 49.3 Å². The molecule has 0 amide bonds. The molecule has 2 N–H and O–H groups in total. The third kappa shape index (κ3) is 4.75. The van der Waals surface area contributed by atoms with Crippen molar-refractivity contribution in [2.45, 2.75) is 63.9 Å². The van der Waals surface area contributed by atoms with Crippen molar-refractivity contribution in [3.05, 3.63) is 66.7 Å². The van der Waals surface area contributed by atoms with Crippen LogP contribution in [0.25, 0.3) is 11.3 Å². The first-order valence-corrected chi connectivity index (χ1v) is 12.1. The van der Waals surface area contributed by atoms with Crippen LogP contribution in [0, 0.1) is 5.41 Å². The van der Waals surface area contributed by atoms with Gasteiger partial charge in [0, 0.05) is 24.0 Å². The van der Waals surface area contributed by atoms with Gasteiger partial charge >= 0.3 is 6.01 Å². The summed E-state index contributed by atoms with van der Waals surface area (Å²) in [5, 5.41) is 18.4. The lowest BCUT2D eigenvalue weighted by molar-refractivity contribution is -0.174. The standard InChI is InChI=1S/C26H28N4O2.CH4O.CH4/c1-2-25-12-14-26(15-13-25,31-17-25)20-8-6-18(7-9-20)22-11-10-21(16-27-22)28-24-30-29-23(32-24)19-4-3-5-19;1-2;/h2,6-11,16,19H,1,3-5,12-15,17H2,(H,28,30);2H,1H3;1H4. The summed E-state index contributed by atoms with van der Waals surface area (Å²) in [7, 11) is 1.00. The van der Waals surface area contributed by atoms with Gasteiger partial charge in [-0.05, 0) is 56.2 Å². The second-order valence-electron chi connectivity index (χ2n) is 9.56. The van der Waals surface area contributed by atoms with E-state index in [1.165, 1.54) is 12.0 Å². The van der Waals surface area contributed by atoms with Crippen molar-refractivity contribution in [3.8, 4) is 11.3 Å². The normalized spacial score (nSPS) is 25.0. The largest absolute Gasteiger partial charge is 0.408 e. The van der Waals surface area contributed by atoms with E-state index in [9.17, 15) is 0 Å². The highest BCUT2D eigenvalue weighted by Gasteiger charge is 2.49. The van der Waals surface area contributed by atoms with E-state index in [-0.39, 0.29) is 18.4 Å². The number of benzene rings is 1.